The number of hydrogen-bond acceptors (Lipinski definition) is 3. The molecule has 0 amide bonds. The van der Waals surface area contributed by atoms with Crippen molar-refractivity contribution >= 4 is 0 Å². The quantitative estimate of drug-likeness (QED) is 0.770. The van der Waals surface area contributed by atoms with Gasteiger partial charge in [0.05, 0.1) is 12.3 Å². The van der Waals surface area contributed by atoms with Crippen LogP contribution in [-0.2, 0) is 24.4 Å². The van der Waals surface area contributed by atoms with E-state index in [2.05, 4.69) is 18.0 Å². The molecular formula is C20H26FN3O. The van der Waals surface area contributed by atoms with Gasteiger partial charge in [-0.15, -0.1) is 0 Å². The van der Waals surface area contributed by atoms with E-state index >= 15 is 0 Å². The lowest BCUT2D eigenvalue weighted by Crippen LogP contribution is -2.35. The highest BCUT2D eigenvalue weighted by Gasteiger charge is 2.29. The van der Waals surface area contributed by atoms with Crippen molar-refractivity contribution in [2.45, 2.75) is 45.3 Å². The molecule has 134 valence electrons. The van der Waals surface area contributed by atoms with Crippen LogP contribution in [0.25, 0.3) is 0 Å². The Bertz CT molecular complexity index is 708. The predicted molar refractivity (Wildman–Crippen MR) is 94.7 cm³/mol. The normalized spacial score (nSPS) is 20.6. The van der Waals surface area contributed by atoms with E-state index in [0.717, 1.165) is 50.9 Å². The van der Waals surface area contributed by atoms with Crippen LogP contribution in [0.5, 0.6) is 0 Å². The summed E-state index contributed by atoms with van der Waals surface area (Å²) >= 11 is 0. The number of halogens is 1. The topological polar surface area (TPSA) is 30.3 Å². The van der Waals surface area contributed by atoms with Crippen LogP contribution >= 0.6 is 0 Å². The molecular weight excluding hydrogens is 317 g/mol. The number of nitrogens with zero attached hydrogens (tertiary/aromatic N) is 3. The molecule has 1 saturated carbocycles. The monoisotopic (exact) mass is 343 g/mol. The lowest BCUT2D eigenvalue weighted by molar-refractivity contribution is 0.0881. The van der Waals surface area contributed by atoms with Crippen LogP contribution in [0.1, 0.15) is 42.5 Å². The SMILES string of the molecule is CCn1cc2c(n1)C(COCC1CC1)CN(Cc1ccc(F)cc1)C2. The largest absolute Gasteiger partial charge is 0.380 e. The van der Waals surface area contributed by atoms with Crippen LogP contribution < -0.4 is 0 Å². The van der Waals surface area contributed by atoms with Gasteiger partial charge in [0.25, 0.3) is 0 Å². The summed E-state index contributed by atoms with van der Waals surface area (Å²) in [5, 5.41) is 4.78. The number of benzene rings is 1. The molecule has 2 aliphatic rings. The summed E-state index contributed by atoms with van der Waals surface area (Å²) in [5.74, 6) is 0.919. The Morgan fingerprint density at radius 1 is 1.20 bits per heavy atom. The van der Waals surface area contributed by atoms with E-state index in [-0.39, 0.29) is 5.82 Å². The zero-order valence-electron chi connectivity index (χ0n) is 14.8. The van der Waals surface area contributed by atoms with E-state index in [1.54, 1.807) is 0 Å². The molecule has 5 heteroatoms. The van der Waals surface area contributed by atoms with Gasteiger partial charge in [0.2, 0.25) is 0 Å². The van der Waals surface area contributed by atoms with Gasteiger partial charge < -0.3 is 4.74 Å². The van der Waals surface area contributed by atoms with Crippen LogP contribution in [0.2, 0.25) is 0 Å². The van der Waals surface area contributed by atoms with Crippen LogP contribution in [-0.4, -0.2) is 34.4 Å². The molecule has 25 heavy (non-hydrogen) atoms. The third-order valence-electron chi connectivity index (χ3n) is 5.14. The van der Waals surface area contributed by atoms with Crippen molar-refractivity contribution in [1.82, 2.24) is 14.7 Å². The van der Waals surface area contributed by atoms with E-state index < -0.39 is 0 Å². The second-order valence-corrected chi connectivity index (χ2v) is 7.37. The van der Waals surface area contributed by atoms with Gasteiger partial charge in [0.1, 0.15) is 5.82 Å². The molecule has 1 atom stereocenters. The van der Waals surface area contributed by atoms with Gasteiger partial charge in [-0.3, -0.25) is 9.58 Å². The fourth-order valence-corrected chi connectivity index (χ4v) is 3.57. The Labute approximate surface area is 148 Å². The van der Waals surface area contributed by atoms with Crippen molar-refractivity contribution in [2.75, 3.05) is 19.8 Å². The zero-order valence-corrected chi connectivity index (χ0v) is 14.8. The number of aromatic nitrogens is 2. The van der Waals surface area contributed by atoms with E-state index in [1.165, 1.54) is 36.2 Å². The summed E-state index contributed by atoms with van der Waals surface area (Å²) in [5.41, 5.74) is 3.65. The highest BCUT2D eigenvalue weighted by molar-refractivity contribution is 5.25. The summed E-state index contributed by atoms with van der Waals surface area (Å²) in [6.45, 7) is 7.30. The first kappa shape index (κ1) is 16.7. The number of aryl methyl sites for hydroxylation is 1. The number of fused-ring (bicyclic) bond motifs is 1. The minimum atomic E-state index is -0.180. The van der Waals surface area contributed by atoms with Gasteiger partial charge >= 0.3 is 0 Å². The Balaban J connectivity index is 1.46. The summed E-state index contributed by atoms with van der Waals surface area (Å²) in [7, 11) is 0. The average molecular weight is 343 g/mol. The second-order valence-electron chi connectivity index (χ2n) is 7.37. The van der Waals surface area contributed by atoms with Crippen LogP contribution in [0.15, 0.2) is 30.5 Å². The summed E-state index contributed by atoms with van der Waals surface area (Å²) in [6.07, 6.45) is 4.80. The molecule has 1 aromatic carbocycles. The van der Waals surface area contributed by atoms with Crippen molar-refractivity contribution in [3.63, 3.8) is 0 Å². The number of rotatable bonds is 7. The molecule has 4 rings (SSSR count). The van der Waals surface area contributed by atoms with Crippen LogP contribution in [0.4, 0.5) is 4.39 Å². The average Bonchev–Trinajstić information content (AvgIpc) is 3.33. The molecule has 4 nitrogen and oxygen atoms in total. The van der Waals surface area contributed by atoms with E-state index in [1.807, 2.05) is 16.8 Å². The van der Waals surface area contributed by atoms with Gasteiger partial charge in [-0.2, -0.15) is 5.10 Å². The first-order valence-corrected chi connectivity index (χ1v) is 9.32. The predicted octanol–water partition coefficient (Wildman–Crippen LogP) is 3.57. The van der Waals surface area contributed by atoms with Crippen molar-refractivity contribution in [3.8, 4) is 0 Å². The van der Waals surface area contributed by atoms with Crippen molar-refractivity contribution in [3.05, 3.63) is 53.1 Å². The number of ether oxygens (including phenoxy) is 1. The Kier molecular flexibility index (Phi) is 4.86. The molecule has 1 fully saturated rings. The first-order valence-electron chi connectivity index (χ1n) is 9.32. The lowest BCUT2D eigenvalue weighted by Gasteiger charge is -2.32. The Hall–Kier alpha value is -1.72. The number of hydrogen-bond donors (Lipinski definition) is 0. The molecule has 0 radical (unpaired) electrons. The van der Waals surface area contributed by atoms with Gasteiger partial charge in [0, 0.05) is 50.5 Å². The maximum Gasteiger partial charge on any atom is 0.123 e. The second kappa shape index (κ2) is 7.26. The molecule has 0 spiro atoms. The maximum absolute atomic E-state index is 13.1. The summed E-state index contributed by atoms with van der Waals surface area (Å²) in [4.78, 5) is 2.42. The molecule has 2 heterocycles. The highest BCUT2D eigenvalue weighted by Crippen LogP contribution is 2.31. The smallest absolute Gasteiger partial charge is 0.123 e. The molecule has 1 aliphatic carbocycles. The summed E-state index contributed by atoms with van der Waals surface area (Å²) in [6, 6.07) is 6.82. The minimum absolute atomic E-state index is 0.180. The van der Waals surface area contributed by atoms with Crippen molar-refractivity contribution in [1.29, 1.82) is 0 Å². The highest BCUT2D eigenvalue weighted by atomic mass is 19.1. The molecule has 2 aromatic rings. The fraction of sp³-hybridized carbons (Fsp3) is 0.550. The Morgan fingerprint density at radius 2 is 2.00 bits per heavy atom. The standard InChI is InChI=1S/C20H26FN3O/c1-2-24-12-17-10-23(9-15-5-7-19(21)8-6-15)11-18(20(17)22-24)14-25-13-16-3-4-16/h5-8,12,16,18H,2-4,9-11,13-14H2,1H3. The molecule has 0 bridgehead atoms. The van der Waals surface area contributed by atoms with Gasteiger partial charge in [0.15, 0.2) is 0 Å². The van der Waals surface area contributed by atoms with Gasteiger partial charge in [-0.1, -0.05) is 12.1 Å². The van der Waals surface area contributed by atoms with E-state index in [9.17, 15) is 4.39 Å². The van der Waals surface area contributed by atoms with E-state index in [0.29, 0.717) is 5.92 Å². The van der Waals surface area contributed by atoms with Crippen molar-refractivity contribution in [2.24, 2.45) is 5.92 Å². The third-order valence-corrected chi connectivity index (χ3v) is 5.14. The summed E-state index contributed by atoms with van der Waals surface area (Å²) < 4.78 is 21.1. The third kappa shape index (κ3) is 4.10. The van der Waals surface area contributed by atoms with E-state index in [4.69, 9.17) is 9.84 Å². The lowest BCUT2D eigenvalue weighted by atomic mass is 9.97. The minimum Gasteiger partial charge on any atom is -0.380 e. The van der Waals surface area contributed by atoms with Gasteiger partial charge in [-0.25, -0.2) is 4.39 Å². The van der Waals surface area contributed by atoms with Crippen molar-refractivity contribution < 1.29 is 9.13 Å². The first-order chi connectivity index (χ1) is 12.2. The van der Waals surface area contributed by atoms with Crippen LogP contribution in [0, 0.1) is 11.7 Å². The molecule has 1 unspecified atom stereocenters. The molecule has 1 aromatic heterocycles. The Morgan fingerprint density at radius 3 is 2.72 bits per heavy atom. The zero-order chi connectivity index (χ0) is 17.2. The molecule has 0 saturated heterocycles. The fourth-order valence-electron chi connectivity index (χ4n) is 3.57. The van der Waals surface area contributed by atoms with Gasteiger partial charge in [-0.05, 0) is 43.4 Å². The molecule has 0 N–H and O–H groups in total. The molecule has 1 aliphatic heterocycles. The van der Waals surface area contributed by atoms with Crippen LogP contribution in [0.3, 0.4) is 0 Å². The maximum atomic E-state index is 13.1.